The third kappa shape index (κ3) is 4.64. The number of aliphatic hydroxyl groups is 1. The van der Waals surface area contributed by atoms with Crippen molar-refractivity contribution in [2.45, 2.75) is 75.9 Å². The predicted molar refractivity (Wildman–Crippen MR) is 153 cm³/mol. The molecule has 2 bridgehead atoms. The van der Waals surface area contributed by atoms with Crippen LogP contribution >= 0.6 is 0 Å². The van der Waals surface area contributed by atoms with Crippen molar-refractivity contribution in [1.82, 2.24) is 30.5 Å². The fourth-order valence-electron chi connectivity index (χ4n) is 7.41. The van der Waals surface area contributed by atoms with Crippen LogP contribution in [0.5, 0.6) is 0 Å². The average Bonchev–Trinajstić information content (AvgIpc) is 3.74. The molecule has 11 heteroatoms. The van der Waals surface area contributed by atoms with Crippen LogP contribution in [0.4, 0.5) is 0 Å². The summed E-state index contributed by atoms with van der Waals surface area (Å²) in [6, 6.07) is 16.3. The maximum absolute atomic E-state index is 14.2. The van der Waals surface area contributed by atoms with E-state index in [4.69, 9.17) is 4.74 Å². The lowest BCUT2D eigenvalue weighted by molar-refractivity contribution is -0.148. The zero-order valence-electron chi connectivity index (χ0n) is 23.9. The molecule has 3 saturated heterocycles. The fourth-order valence-corrected chi connectivity index (χ4v) is 7.41. The Kier molecular flexibility index (Phi) is 7.71. The second kappa shape index (κ2) is 11.4. The van der Waals surface area contributed by atoms with E-state index >= 15 is 0 Å². The first-order valence-electron chi connectivity index (χ1n) is 14.9. The van der Waals surface area contributed by atoms with Gasteiger partial charge in [-0.05, 0) is 56.2 Å². The van der Waals surface area contributed by atoms with Crippen LogP contribution in [0.2, 0.25) is 0 Å². The van der Waals surface area contributed by atoms with E-state index in [1.54, 1.807) is 9.58 Å². The van der Waals surface area contributed by atoms with Crippen LogP contribution in [-0.4, -0.2) is 73.1 Å². The van der Waals surface area contributed by atoms with Gasteiger partial charge >= 0.3 is 0 Å². The van der Waals surface area contributed by atoms with E-state index in [0.29, 0.717) is 45.2 Å². The van der Waals surface area contributed by atoms with Crippen LogP contribution in [-0.2, 0) is 32.3 Å². The number of fused-ring (bicyclic) bond motifs is 2. The fraction of sp³-hybridized carbons (Fsp3) is 0.516. The van der Waals surface area contributed by atoms with Crippen molar-refractivity contribution in [3.63, 3.8) is 0 Å². The maximum Gasteiger partial charge on any atom is 0.247 e. The number of amides is 3. The number of nitrogens with one attached hydrogen (secondary N) is 2. The van der Waals surface area contributed by atoms with Crippen molar-refractivity contribution >= 4 is 28.8 Å². The van der Waals surface area contributed by atoms with Crippen LogP contribution in [0, 0.1) is 11.8 Å². The highest BCUT2D eigenvalue weighted by Gasteiger charge is 2.78. The quantitative estimate of drug-likeness (QED) is 0.282. The molecule has 11 nitrogen and oxygen atoms in total. The molecule has 3 N–H and O–H groups in total. The minimum atomic E-state index is -1.09. The zero-order valence-corrected chi connectivity index (χ0v) is 23.9. The molecule has 4 heterocycles. The van der Waals surface area contributed by atoms with Crippen molar-refractivity contribution in [3.05, 3.63) is 60.2 Å². The number of nitrogens with zero attached hydrogens (tertiary/aromatic N) is 4. The van der Waals surface area contributed by atoms with Crippen molar-refractivity contribution in [1.29, 1.82) is 0 Å². The summed E-state index contributed by atoms with van der Waals surface area (Å²) in [5, 5.41) is 23.7. The number of hydrogen-bond donors (Lipinski definition) is 3. The van der Waals surface area contributed by atoms with Crippen LogP contribution < -0.4 is 10.6 Å². The number of para-hydroxylation sites is 1. The summed E-state index contributed by atoms with van der Waals surface area (Å²) in [4.78, 5) is 43.7. The standard InChI is InChI=1S/C31H38N6O5/c1-2-30-15-16-31(42-30)25(24(30)27(39)32-19-21-11-5-3-6-12-21)29(41)36(17-9-4-10-18-38)26(31)28(40)33-20-37-23-14-8-7-13-22(23)34-35-37/h3,5-8,11-14,24-26,38H,2,4,9-10,15-20H2,1H3,(H,32,39)(H,33,40)/t24-,25-,26?,30+,31?/m0/s1. The molecule has 42 heavy (non-hydrogen) atoms. The van der Waals surface area contributed by atoms with Gasteiger partial charge in [-0.1, -0.05) is 54.6 Å². The lowest BCUT2D eigenvalue weighted by atomic mass is 9.65. The lowest BCUT2D eigenvalue weighted by Crippen LogP contribution is -2.55. The molecule has 3 amide bonds. The first-order valence-corrected chi connectivity index (χ1v) is 14.9. The van der Waals surface area contributed by atoms with Gasteiger partial charge in [0.25, 0.3) is 0 Å². The number of carbonyl (C=O) groups excluding carboxylic acids is 3. The smallest absolute Gasteiger partial charge is 0.247 e. The third-order valence-corrected chi connectivity index (χ3v) is 9.40. The number of carbonyl (C=O) groups is 3. The maximum atomic E-state index is 14.2. The second-order valence-corrected chi connectivity index (χ2v) is 11.6. The normalized spacial score (nSPS) is 27.9. The van der Waals surface area contributed by atoms with Gasteiger partial charge in [-0.3, -0.25) is 14.4 Å². The van der Waals surface area contributed by atoms with Gasteiger partial charge in [0, 0.05) is 19.7 Å². The highest BCUT2D eigenvalue weighted by molar-refractivity contribution is 5.99. The van der Waals surface area contributed by atoms with E-state index in [1.807, 2.05) is 61.5 Å². The molecule has 0 saturated carbocycles. The Bertz CT molecular complexity index is 1460. The molecule has 1 aromatic heterocycles. The van der Waals surface area contributed by atoms with Gasteiger partial charge in [0.2, 0.25) is 17.7 Å². The minimum absolute atomic E-state index is 0.0715. The summed E-state index contributed by atoms with van der Waals surface area (Å²) in [5.74, 6) is -2.19. The van der Waals surface area contributed by atoms with Crippen molar-refractivity contribution in [2.24, 2.45) is 11.8 Å². The largest absolute Gasteiger partial charge is 0.396 e. The van der Waals surface area contributed by atoms with E-state index in [0.717, 1.165) is 23.0 Å². The molecule has 3 aliphatic heterocycles. The molecular weight excluding hydrogens is 536 g/mol. The summed E-state index contributed by atoms with van der Waals surface area (Å²) < 4.78 is 8.43. The Balaban J connectivity index is 1.28. The number of benzene rings is 2. The van der Waals surface area contributed by atoms with E-state index in [9.17, 15) is 19.5 Å². The minimum Gasteiger partial charge on any atom is -0.396 e. The first-order chi connectivity index (χ1) is 20.4. The van der Waals surface area contributed by atoms with Crippen LogP contribution in [0.15, 0.2) is 54.6 Å². The molecule has 6 rings (SSSR count). The van der Waals surface area contributed by atoms with Gasteiger partial charge in [0.05, 0.1) is 23.0 Å². The molecule has 2 aromatic carbocycles. The highest BCUT2D eigenvalue weighted by Crippen LogP contribution is 2.64. The zero-order chi connectivity index (χ0) is 29.3. The number of likely N-dealkylation sites (tertiary alicyclic amines) is 1. The average molecular weight is 575 g/mol. The van der Waals surface area contributed by atoms with Crippen LogP contribution in [0.25, 0.3) is 11.0 Å². The Morgan fingerprint density at radius 3 is 2.60 bits per heavy atom. The van der Waals surface area contributed by atoms with E-state index in [2.05, 4.69) is 20.9 Å². The molecule has 0 aliphatic carbocycles. The third-order valence-electron chi connectivity index (χ3n) is 9.40. The van der Waals surface area contributed by atoms with Crippen molar-refractivity contribution < 1.29 is 24.2 Å². The van der Waals surface area contributed by atoms with Gasteiger partial charge in [0.1, 0.15) is 23.8 Å². The molecule has 3 fully saturated rings. The van der Waals surface area contributed by atoms with E-state index in [-0.39, 0.29) is 31.0 Å². The number of hydrogen-bond acceptors (Lipinski definition) is 7. The Morgan fingerprint density at radius 2 is 1.81 bits per heavy atom. The van der Waals surface area contributed by atoms with Gasteiger partial charge in [-0.25, -0.2) is 4.68 Å². The Morgan fingerprint density at radius 1 is 1.02 bits per heavy atom. The summed E-state index contributed by atoms with van der Waals surface area (Å²) in [6.45, 7) is 2.84. The number of ether oxygens (including phenoxy) is 1. The van der Waals surface area contributed by atoms with Crippen molar-refractivity contribution in [3.8, 4) is 0 Å². The predicted octanol–water partition coefficient (Wildman–Crippen LogP) is 2.14. The lowest BCUT2D eigenvalue weighted by Gasteiger charge is -2.34. The molecule has 3 aliphatic rings. The van der Waals surface area contributed by atoms with E-state index in [1.165, 1.54) is 0 Å². The topological polar surface area (TPSA) is 139 Å². The van der Waals surface area contributed by atoms with Crippen molar-refractivity contribution in [2.75, 3.05) is 13.2 Å². The first kappa shape index (κ1) is 28.3. The number of rotatable bonds is 12. The molecule has 1 spiro atoms. The van der Waals surface area contributed by atoms with Crippen LogP contribution in [0.3, 0.4) is 0 Å². The summed E-state index contributed by atoms with van der Waals surface area (Å²) in [5.41, 5.74) is 0.587. The summed E-state index contributed by atoms with van der Waals surface area (Å²) in [6.07, 6.45) is 3.67. The summed E-state index contributed by atoms with van der Waals surface area (Å²) in [7, 11) is 0. The van der Waals surface area contributed by atoms with Gasteiger partial charge < -0.3 is 25.4 Å². The van der Waals surface area contributed by atoms with E-state index < -0.39 is 29.1 Å². The monoisotopic (exact) mass is 574 g/mol. The van der Waals surface area contributed by atoms with Gasteiger partial charge in [0.15, 0.2) is 0 Å². The second-order valence-electron chi connectivity index (χ2n) is 11.6. The summed E-state index contributed by atoms with van der Waals surface area (Å²) >= 11 is 0. The van der Waals surface area contributed by atoms with Gasteiger partial charge in [-0.15, -0.1) is 5.10 Å². The SMILES string of the molecule is CC[C@]12CCC3(O1)C(C(=O)NCn1nnc4ccccc41)N(CCCCCO)C(=O)[C@@H]3[C@H]2C(=O)NCc1ccccc1. The number of aromatic nitrogens is 3. The molecule has 3 aromatic rings. The van der Waals surface area contributed by atoms with Gasteiger partial charge in [-0.2, -0.15) is 0 Å². The highest BCUT2D eigenvalue weighted by atomic mass is 16.5. The Hall–Kier alpha value is -3.83. The molecule has 222 valence electrons. The number of aliphatic hydroxyl groups excluding tert-OH is 1. The molecular formula is C31H38N6O5. The molecule has 0 radical (unpaired) electrons. The molecule has 2 unspecified atom stereocenters. The Labute approximate surface area is 244 Å². The van der Waals surface area contributed by atoms with Crippen LogP contribution in [0.1, 0.15) is 51.0 Å². The molecule has 5 atom stereocenters. The number of unbranched alkanes of at least 4 members (excludes halogenated alkanes) is 2.